The topological polar surface area (TPSA) is 89.3 Å². The number of methoxy groups -OCH3 is 1. The third-order valence-electron chi connectivity index (χ3n) is 2.59. The number of nitrogens with zero attached hydrogens (tertiary/aromatic N) is 1. The van der Waals surface area contributed by atoms with Crippen molar-refractivity contribution in [3.8, 4) is 5.75 Å². The lowest BCUT2D eigenvalue weighted by molar-refractivity contribution is 0.102. The predicted molar refractivity (Wildman–Crippen MR) is 80.7 cm³/mol. The van der Waals surface area contributed by atoms with Crippen molar-refractivity contribution in [3.05, 3.63) is 46.6 Å². The van der Waals surface area contributed by atoms with Gasteiger partial charge in [-0.1, -0.05) is 12.1 Å². The Labute approximate surface area is 124 Å². The minimum Gasteiger partial charge on any atom is -0.495 e. The first-order valence-corrected chi connectivity index (χ1v) is 6.51. The number of nitrogens with two attached hydrogens (primary N) is 1. The highest BCUT2D eigenvalue weighted by Crippen LogP contribution is 2.25. The summed E-state index contributed by atoms with van der Waals surface area (Å²) >= 11 is 3.27. The molecule has 1 heterocycles. The number of nitrogen functional groups attached to an aromatic ring is 1. The van der Waals surface area contributed by atoms with Crippen LogP contribution in [0.25, 0.3) is 0 Å². The SMILES string of the molecule is COc1ccccc1NC(=O)c1cc(Br)cnc1NN. The van der Waals surface area contributed by atoms with Crippen molar-refractivity contribution < 1.29 is 9.53 Å². The van der Waals surface area contributed by atoms with E-state index in [0.717, 1.165) is 0 Å². The van der Waals surface area contributed by atoms with Crippen molar-refractivity contribution in [1.29, 1.82) is 0 Å². The van der Waals surface area contributed by atoms with Gasteiger partial charge in [-0.05, 0) is 34.1 Å². The molecule has 0 saturated carbocycles. The lowest BCUT2D eigenvalue weighted by Gasteiger charge is -2.11. The maximum Gasteiger partial charge on any atom is 0.259 e. The molecule has 1 aromatic heterocycles. The van der Waals surface area contributed by atoms with Gasteiger partial charge in [0.1, 0.15) is 5.75 Å². The molecule has 1 aromatic carbocycles. The highest BCUT2D eigenvalue weighted by atomic mass is 79.9. The molecule has 0 aliphatic carbocycles. The Bertz CT molecular complexity index is 634. The summed E-state index contributed by atoms with van der Waals surface area (Å²) in [5, 5.41) is 2.76. The van der Waals surface area contributed by atoms with Crippen LogP contribution < -0.4 is 21.3 Å². The average Bonchev–Trinajstić information content (AvgIpc) is 2.47. The molecule has 0 saturated heterocycles. The minimum atomic E-state index is -0.337. The van der Waals surface area contributed by atoms with Gasteiger partial charge in [0, 0.05) is 10.7 Å². The van der Waals surface area contributed by atoms with Gasteiger partial charge in [0.25, 0.3) is 5.91 Å². The van der Waals surface area contributed by atoms with Crippen LogP contribution in [-0.4, -0.2) is 18.0 Å². The lowest BCUT2D eigenvalue weighted by Crippen LogP contribution is -2.18. The molecule has 0 aliphatic heterocycles. The summed E-state index contributed by atoms with van der Waals surface area (Å²) in [7, 11) is 1.54. The smallest absolute Gasteiger partial charge is 0.259 e. The van der Waals surface area contributed by atoms with Gasteiger partial charge in [0.2, 0.25) is 0 Å². The van der Waals surface area contributed by atoms with E-state index in [2.05, 4.69) is 31.7 Å². The lowest BCUT2D eigenvalue weighted by atomic mass is 10.2. The van der Waals surface area contributed by atoms with Crippen LogP contribution >= 0.6 is 15.9 Å². The number of halogens is 1. The van der Waals surface area contributed by atoms with Gasteiger partial charge in [0.05, 0.1) is 18.4 Å². The van der Waals surface area contributed by atoms with E-state index in [9.17, 15) is 4.79 Å². The van der Waals surface area contributed by atoms with E-state index in [1.807, 2.05) is 6.07 Å². The summed E-state index contributed by atoms with van der Waals surface area (Å²) in [4.78, 5) is 16.3. The van der Waals surface area contributed by atoms with E-state index in [4.69, 9.17) is 10.6 Å². The number of nitrogens with one attached hydrogen (secondary N) is 2. The Balaban J connectivity index is 2.30. The monoisotopic (exact) mass is 336 g/mol. The van der Waals surface area contributed by atoms with E-state index in [1.165, 1.54) is 0 Å². The quantitative estimate of drug-likeness (QED) is 0.589. The summed E-state index contributed by atoms with van der Waals surface area (Å²) in [5.74, 6) is 5.89. The van der Waals surface area contributed by atoms with Gasteiger partial charge >= 0.3 is 0 Å². The van der Waals surface area contributed by atoms with Gasteiger partial charge in [-0.25, -0.2) is 10.8 Å². The second-order valence-corrected chi connectivity index (χ2v) is 4.76. The molecule has 0 radical (unpaired) electrons. The van der Waals surface area contributed by atoms with Gasteiger partial charge in [0.15, 0.2) is 5.82 Å². The van der Waals surface area contributed by atoms with Crippen molar-refractivity contribution in [2.24, 2.45) is 5.84 Å². The van der Waals surface area contributed by atoms with Gasteiger partial charge in [-0.3, -0.25) is 4.79 Å². The Morgan fingerprint density at radius 2 is 2.15 bits per heavy atom. The van der Waals surface area contributed by atoms with E-state index in [1.54, 1.807) is 37.6 Å². The zero-order chi connectivity index (χ0) is 14.5. The molecule has 1 amide bonds. The van der Waals surface area contributed by atoms with Crippen LogP contribution in [0, 0.1) is 0 Å². The number of para-hydroxylation sites is 2. The van der Waals surface area contributed by atoms with Crippen LogP contribution in [0.1, 0.15) is 10.4 Å². The zero-order valence-corrected chi connectivity index (χ0v) is 12.3. The molecule has 0 aliphatic rings. The first-order valence-electron chi connectivity index (χ1n) is 5.72. The molecule has 0 fully saturated rings. The summed E-state index contributed by atoms with van der Waals surface area (Å²) in [6.45, 7) is 0. The molecule has 0 spiro atoms. The second-order valence-electron chi connectivity index (χ2n) is 3.85. The first kappa shape index (κ1) is 14.3. The molecule has 7 heteroatoms. The molecule has 2 aromatic rings. The van der Waals surface area contributed by atoms with E-state index < -0.39 is 0 Å². The third kappa shape index (κ3) is 3.06. The predicted octanol–water partition coefficient (Wildman–Crippen LogP) is 2.39. The average molecular weight is 337 g/mol. The number of hydrogen-bond donors (Lipinski definition) is 3. The standard InChI is InChI=1S/C13H13BrN4O2/c1-20-11-5-3-2-4-10(11)17-13(19)9-6-8(14)7-16-12(9)18-15/h2-7H,15H2,1H3,(H,16,18)(H,17,19). The molecule has 4 N–H and O–H groups in total. The normalized spacial score (nSPS) is 9.95. The Kier molecular flexibility index (Phi) is 4.54. The maximum absolute atomic E-state index is 12.3. The molecule has 0 unspecified atom stereocenters. The van der Waals surface area contributed by atoms with Crippen molar-refractivity contribution >= 4 is 33.3 Å². The van der Waals surface area contributed by atoms with Gasteiger partial charge in [-0.2, -0.15) is 0 Å². The highest BCUT2D eigenvalue weighted by Gasteiger charge is 2.14. The largest absolute Gasteiger partial charge is 0.495 e. The number of anilines is 2. The highest BCUT2D eigenvalue weighted by molar-refractivity contribution is 9.10. The van der Waals surface area contributed by atoms with E-state index in [0.29, 0.717) is 27.3 Å². The summed E-state index contributed by atoms with van der Waals surface area (Å²) < 4.78 is 5.86. The molecule has 20 heavy (non-hydrogen) atoms. The molecule has 104 valence electrons. The minimum absolute atomic E-state index is 0.292. The summed E-state index contributed by atoms with van der Waals surface area (Å²) in [6, 6.07) is 8.77. The summed E-state index contributed by atoms with van der Waals surface area (Å²) in [5.41, 5.74) is 3.29. The van der Waals surface area contributed by atoms with Crippen molar-refractivity contribution in [1.82, 2.24) is 4.98 Å². The molecular formula is C13H13BrN4O2. The van der Waals surface area contributed by atoms with E-state index in [-0.39, 0.29) is 5.91 Å². The van der Waals surface area contributed by atoms with Crippen molar-refractivity contribution in [3.63, 3.8) is 0 Å². The molecule has 2 rings (SSSR count). The van der Waals surface area contributed by atoms with Crippen LogP contribution in [0.5, 0.6) is 5.75 Å². The maximum atomic E-state index is 12.3. The molecule has 6 nitrogen and oxygen atoms in total. The molecular weight excluding hydrogens is 324 g/mol. The third-order valence-corrected chi connectivity index (χ3v) is 3.02. The first-order chi connectivity index (χ1) is 9.65. The van der Waals surface area contributed by atoms with Crippen molar-refractivity contribution in [2.45, 2.75) is 0 Å². The molecule has 0 bridgehead atoms. The number of hydrazine groups is 1. The fraction of sp³-hybridized carbons (Fsp3) is 0.0769. The van der Waals surface area contributed by atoms with Crippen LogP contribution in [0.2, 0.25) is 0 Å². The number of ether oxygens (including phenoxy) is 1. The number of pyridine rings is 1. The van der Waals surface area contributed by atoms with Crippen LogP contribution in [-0.2, 0) is 0 Å². The number of carbonyl (C=O) groups is 1. The Morgan fingerprint density at radius 3 is 2.85 bits per heavy atom. The van der Waals surface area contributed by atoms with Crippen LogP contribution in [0.4, 0.5) is 11.5 Å². The van der Waals surface area contributed by atoms with E-state index >= 15 is 0 Å². The zero-order valence-electron chi connectivity index (χ0n) is 10.7. The Hall–Kier alpha value is -2.12. The number of carbonyl (C=O) groups excluding carboxylic acids is 1. The Morgan fingerprint density at radius 1 is 1.40 bits per heavy atom. The number of rotatable bonds is 4. The van der Waals surface area contributed by atoms with Gasteiger partial charge < -0.3 is 15.5 Å². The summed E-state index contributed by atoms with van der Waals surface area (Å²) in [6.07, 6.45) is 1.55. The van der Waals surface area contributed by atoms with Crippen LogP contribution in [0.3, 0.4) is 0 Å². The fourth-order valence-corrected chi connectivity index (χ4v) is 2.00. The number of hydrogen-bond acceptors (Lipinski definition) is 5. The number of benzene rings is 1. The molecule has 0 atom stereocenters. The number of aromatic nitrogens is 1. The number of amides is 1. The van der Waals surface area contributed by atoms with Gasteiger partial charge in [-0.15, -0.1) is 0 Å². The second kappa shape index (κ2) is 6.36. The van der Waals surface area contributed by atoms with Crippen molar-refractivity contribution in [2.75, 3.05) is 17.9 Å². The fourth-order valence-electron chi connectivity index (χ4n) is 1.66. The van der Waals surface area contributed by atoms with Crippen LogP contribution in [0.15, 0.2) is 41.0 Å².